The van der Waals surface area contributed by atoms with Crippen molar-refractivity contribution in [2.24, 2.45) is 0 Å². The molecule has 18 heavy (non-hydrogen) atoms. The van der Waals surface area contributed by atoms with Crippen molar-refractivity contribution < 1.29 is 4.79 Å². The van der Waals surface area contributed by atoms with Gasteiger partial charge in [0.1, 0.15) is 0 Å². The summed E-state index contributed by atoms with van der Waals surface area (Å²) in [7, 11) is 0. The quantitative estimate of drug-likeness (QED) is 0.860. The molecule has 1 unspecified atom stereocenters. The number of nitrogens with zero attached hydrogens (tertiary/aromatic N) is 3. The molecule has 96 valence electrons. The second kappa shape index (κ2) is 5.95. The summed E-state index contributed by atoms with van der Waals surface area (Å²) in [6.45, 7) is 2.00. The molecule has 0 aliphatic heterocycles. The Morgan fingerprint density at radius 1 is 1.56 bits per heavy atom. The van der Waals surface area contributed by atoms with E-state index in [4.69, 9.17) is 0 Å². The van der Waals surface area contributed by atoms with E-state index in [1.807, 2.05) is 6.92 Å². The second-order valence-electron chi connectivity index (χ2n) is 4.17. The molecule has 6 heteroatoms. The SMILES string of the molecule is CC(CCCBr)NC(=O)c1cnn2ccncc12. The number of halogens is 1. The van der Waals surface area contributed by atoms with Crippen molar-refractivity contribution in [1.29, 1.82) is 0 Å². The van der Waals surface area contributed by atoms with Crippen molar-refractivity contribution in [3.63, 3.8) is 0 Å². The third-order valence-corrected chi connectivity index (χ3v) is 3.28. The molecule has 1 atom stereocenters. The van der Waals surface area contributed by atoms with Crippen molar-refractivity contribution in [2.45, 2.75) is 25.8 Å². The molecule has 0 bridgehead atoms. The zero-order valence-electron chi connectivity index (χ0n) is 10.1. The van der Waals surface area contributed by atoms with Crippen LogP contribution in [0.4, 0.5) is 0 Å². The highest BCUT2D eigenvalue weighted by Gasteiger charge is 2.14. The smallest absolute Gasteiger partial charge is 0.255 e. The summed E-state index contributed by atoms with van der Waals surface area (Å²) in [5, 5.41) is 8.04. The molecule has 0 aliphatic carbocycles. The summed E-state index contributed by atoms with van der Waals surface area (Å²) >= 11 is 3.38. The minimum atomic E-state index is -0.0972. The first kappa shape index (κ1) is 13.0. The molecule has 1 amide bonds. The van der Waals surface area contributed by atoms with Gasteiger partial charge in [-0.1, -0.05) is 15.9 Å². The number of amides is 1. The molecule has 5 nitrogen and oxygen atoms in total. The Balaban J connectivity index is 2.09. The third kappa shape index (κ3) is 2.87. The lowest BCUT2D eigenvalue weighted by atomic mass is 10.2. The first-order chi connectivity index (χ1) is 8.72. The largest absolute Gasteiger partial charge is 0.349 e. The molecular weight excluding hydrogens is 296 g/mol. The highest BCUT2D eigenvalue weighted by molar-refractivity contribution is 9.09. The van der Waals surface area contributed by atoms with Gasteiger partial charge in [-0.15, -0.1) is 0 Å². The lowest BCUT2D eigenvalue weighted by Crippen LogP contribution is -2.32. The van der Waals surface area contributed by atoms with Crippen LogP contribution in [0.1, 0.15) is 30.1 Å². The van der Waals surface area contributed by atoms with Crippen molar-refractivity contribution in [2.75, 3.05) is 5.33 Å². The first-order valence-corrected chi connectivity index (χ1v) is 6.98. The lowest BCUT2D eigenvalue weighted by molar-refractivity contribution is 0.0940. The van der Waals surface area contributed by atoms with Crippen LogP contribution in [-0.4, -0.2) is 31.9 Å². The highest BCUT2D eigenvalue weighted by Crippen LogP contribution is 2.09. The Kier molecular flexibility index (Phi) is 4.30. The first-order valence-electron chi connectivity index (χ1n) is 5.86. The van der Waals surface area contributed by atoms with Crippen LogP contribution in [0.25, 0.3) is 5.52 Å². The Labute approximate surface area is 114 Å². The predicted octanol–water partition coefficient (Wildman–Crippen LogP) is 2.02. The molecule has 0 aromatic carbocycles. The van der Waals surface area contributed by atoms with E-state index in [2.05, 4.69) is 31.3 Å². The van der Waals surface area contributed by atoms with Gasteiger partial charge in [0.15, 0.2) is 0 Å². The molecule has 2 aromatic rings. The number of nitrogens with one attached hydrogen (secondary N) is 1. The summed E-state index contributed by atoms with van der Waals surface area (Å²) < 4.78 is 1.64. The fourth-order valence-electron chi connectivity index (χ4n) is 1.77. The molecule has 1 N–H and O–H groups in total. The van der Waals surface area contributed by atoms with Crippen LogP contribution >= 0.6 is 15.9 Å². The highest BCUT2D eigenvalue weighted by atomic mass is 79.9. The van der Waals surface area contributed by atoms with Gasteiger partial charge in [-0.25, -0.2) is 4.52 Å². The number of carbonyl (C=O) groups excluding carboxylic acids is 1. The van der Waals surface area contributed by atoms with E-state index in [1.165, 1.54) is 0 Å². The molecule has 0 aliphatic rings. The standard InChI is InChI=1S/C12H15BrN4O/c1-9(3-2-4-13)16-12(18)10-7-15-17-6-5-14-8-11(10)17/h5-9H,2-4H2,1H3,(H,16,18). The maximum Gasteiger partial charge on any atom is 0.255 e. The fourth-order valence-corrected chi connectivity index (χ4v) is 2.09. The van der Waals surface area contributed by atoms with Gasteiger partial charge in [-0.05, 0) is 19.8 Å². The van der Waals surface area contributed by atoms with Crippen molar-refractivity contribution in [3.05, 3.63) is 30.4 Å². The lowest BCUT2D eigenvalue weighted by Gasteiger charge is -2.12. The molecular formula is C12H15BrN4O. The molecule has 0 fully saturated rings. The number of hydrogen-bond donors (Lipinski definition) is 1. The molecule has 2 heterocycles. The van der Waals surface area contributed by atoms with E-state index < -0.39 is 0 Å². The minimum absolute atomic E-state index is 0.0972. The van der Waals surface area contributed by atoms with Gasteiger partial charge in [-0.2, -0.15) is 5.10 Å². The molecule has 0 spiro atoms. The van der Waals surface area contributed by atoms with Crippen LogP contribution in [0.3, 0.4) is 0 Å². The Morgan fingerprint density at radius 3 is 3.17 bits per heavy atom. The monoisotopic (exact) mass is 310 g/mol. The van der Waals surface area contributed by atoms with Crippen molar-refractivity contribution in [1.82, 2.24) is 19.9 Å². The third-order valence-electron chi connectivity index (χ3n) is 2.72. The zero-order chi connectivity index (χ0) is 13.0. The average molecular weight is 311 g/mol. The number of rotatable bonds is 5. The van der Waals surface area contributed by atoms with Crippen LogP contribution < -0.4 is 5.32 Å². The normalized spacial score (nSPS) is 12.6. The van der Waals surface area contributed by atoms with Gasteiger partial charge >= 0.3 is 0 Å². The zero-order valence-corrected chi connectivity index (χ0v) is 11.7. The molecule has 2 aromatic heterocycles. The summed E-state index contributed by atoms with van der Waals surface area (Å²) in [5.74, 6) is -0.0972. The summed E-state index contributed by atoms with van der Waals surface area (Å²) in [5.41, 5.74) is 1.29. The maximum atomic E-state index is 12.1. The number of alkyl halides is 1. The maximum absolute atomic E-state index is 12.1. The van der Waals surface area contributed by atoms with Gasteiger partial charge in [0, 0.05) is 23.8 Å². The van der Waals surface area contributed by atoms with E-state index in [9.17, 15) is 4.79 Å². The Hall–Kier alpha value is -1.43. The number of carbonyl (C=O) groups is 1. The van der Waals surface area contributed by atoms with Gasteiger partial charge < -0.3 is 5.32 Å². The van der Waals surface area contributed by atoms with E-state index in [0.717, 1.165) is 23.7 Å². The molecule has 2 rings (SSSR count). The van der Waals surface area contributed by atoms with Crippen molar-refractivity contribution in [3.8, 4) is 0 Å². The number of fused-ring (bicyclic) bond motifs is 1. The van der Waals surface area contributed by atoms with Gasteiger partial charge in [-0.3, -0.25) is 9.78 Å². The van der Waals surface area contributed by atoms with Gasteiger partial charge in [0.25, 0.3) is 5.91 Å². The minimum Gasteiger partial charge on any atom is -0.349 e. The molecule has 0 saturated carbocycles. The van der Waals surface area contributed by atoms with E-state index >= 15 is 0 Å². The summed E-state index contributed by atoms with van der Waals surface area (Å²) in [6.07, 6.45) is 8.57. The van der Waals surface area contributed by atoms with Crippen LogP contribution in [0.5, 0.6) is 0 Å². The Bertz CT molecular complexity index is 540. The molecule has 0 saturated heterocycles. The van der Waals surface area contributed by atoms with Crippen molar-refractivity contribution >= 4 is 27.4 Å². The summed E-state index contributed by atoms with van der Waals surface area (Å²) in [4.78, 5) is 16.1. The van der Waals surface area contributed by atoms with E-state index in [0.29, 0.717) is 5.56 Å². The number of aromatic nitrogens is 3. The van der Waals surface area contributed by atoms with Gasteiger partial charge in [0.2, 0.25) is 0 Å². The average Bonchev–Trinajstić information content (AvgIpc) is 2.80. The summed E-state index contributed by atoms with van der Waals surface area (Å²) in [6, 6.07) is 0.154. The predicted molar refractivity (Wildman–Crippen MR) is 72.9 cm³/mol. The molecule has 0 radical (unpaired) electrons. The van der Waals surface area contributed by atoms with Crippen LogP contribution in [0.15, 0.2) is 24.8 Å². The van der Waals surface area contributed by atoms with Gasteiger partial charge in [0.05, 0.1) is 23.5 Å². The fraction of sp³-hybridized carbons (Fsp3) is 0.417. The topological polar surface area (TPSA) is 59.3 Å². The van der Waals surface area contributed by atoms with Crippen LogP contribution in [0, 0.1) is 0 Å². The Morgan fingerprint density at radius 2 is 2.39 bits per heavy atom. The number of hydrogen-bond acceptors (Lipinski definition) is 3. The second-order valence-corrected chi connectivity index (χ2v) is 4.96. The van der Waals surface area contributed by atoms with E-state index in [-0.39, 0.29) is 11.9 Å². The van der Waals surface area contributed by atoms with Crippen LogP contribution in [-0.2, 0) is 0 Å². The van der Waals surface area contributed by atoms with E-state index in [1.54, 1.807) is 29.3 Å². The van der Waals surface area contributed by atoms with Crippen LogP contribution in [0.2, 0.25) is 0 Å².